The molecule has 0 amide bonds. The summed E-state index contributed by atoms with van der Waals surface area (Å²) in [6, 6.07) is 7.69. The Morgan fingerprint density at radius 2 is 1.83 bits per heavy atom. The van der Waals surface area contributed by atoms with Gasteiger partial charge in [0.2, 0.25) is 0 Å². The van der Waals surface area contributed by atoms with Crippen molar-refractivity contribution in [3.63, 3.8) is 0 Å². The summed E-state index contributed by atoms with van der Waals surface area (Å²) in [5.74, 6) is -1.18. The van der Waals surface area contributed by atoms with Gasteiger partial charge in [-0.1, -0.05) is 12.1 Å². The summed E-state index contributed by atoms with van der Waals surface area (Å²) in [7, 11) is 0. The van der Waals surface area contributed by atoms with Gasteiger partial charge < -0.3 is 5.11 Å². The van der Waals surface area contributed by atoms with Crippen LogP contribution in [0.3, 0.4) is 0 Å². The molecule has 1 aromatic carbocycles. The molecule has 0 spiro atoms. The van der Waals surface area contributed by atoms with Crippen molar-refractivity contribution >= 4 is 11.3 Å². The molecular formula is C14H14F2OS. The molecule has 0 fully saturated rings. The Hall–Kier alpha value is -1.26. The fourth-order valence-corrected chi connectivity index (χ4v) is 2.55. The highest BCUT2D eigenvalue weighted by atomic mass is 32.1. The number of halogens is 2. The van der Waals surface area contributed by atoms with Gasteiger partial charge in [-0.15, -0.1) is 11.3 Å². The van der Waals surface area contributed by atoms with Gasteiger partial charge in [-0.2, -0.15) is 0 Å². The third-order valence-corrected chi connectivity index (χ3v) is 3.74. The second-order valence-electron chi connectivity index (χ2n) is 4.18. The Balaban J connectivity index is 1.92. The molecule has 1 atom stereocenters. The van der Waals surface area contributed by atoms with Gasteiger partial charge in [0, 0.05) is 16.9 Å². The minimum atomic E-state index is -0.724. The van der Waals surface area contributed by atoms with Crippen LogP contribution in [-0.2, 0) is 12.8 Å². The van der Waals surface area contributed by atoms with E-state index in [1.807, 2.05) is 17.5 Å². The number of thiophene rings is 1. The molecular weight excluding hydrogens is 254 g/mol. The van der Waals surface area contributed by atoms with Crippen molar-refractivity contribution in [2.75, 3.05) is 0 Å². The van der Waals surface area contributed by atoms with Crippen molar-refractivity contribution in [1.82, 2.24) is 0 Å². The summed E-state index contributed by atoms with van der Waals surface area (Å²) in [6.45, 7) is 0. The first-order valence-electron chi connectivity index (χ1n) is 5.80. The van der Waals surface area contributed by atoms with E-state index in [2.05, 4.69) is 0 Å². The molecule has 2 rings (SSSR count). The van der Waals surface area contributed by atoms with Gasteiger partial charge in [0.25, 0.3) is 0 Å². The average molecular weight is 268 g/mol. The lowest BCUT2D eigenvalue weighted by molar-refractivity contribution is 0.163. The van der Waals surface area contributed by atoms with Gasteiger partial charge in [0.05, 0.1) is 6.10 Å². The molecule has 1 heterocycles. The quantitative estimate of drug-likeness (QED) is 0.879. The standard InChI is InChI=1S/C14H14F2OS/c15-13-4-1-5-14(16)12(13)9-10(17)6-7-11-3-2-8-18-11/h1-5,8,10,17H,6-7,9H2. The summed E-state index contributed by atoms with van der Waals surface area (Å²) in [4.78, 5) is 1.17. The summed E-state index contributed by atoms with van der Waals surface area (Å²) in [6.07, 6.45) is 0.533. The number of hydrogen-bond acceptors (Lipinski definition) is 2. The topological polar surface area (TPSA) is 20.2 Å². The van der Waals surface area contributed by atoms with Crippen molar-refractivity contribution in [2.24, 2.45) is 0 Å². The third kappa shape index (κ3) is 3.37. The lowest BCUT2D eigenvalue weighted by Crippen LogP contribution is -2.13. The Kier molecular flexibility index (Phi) is 4.44. The smallest absolute Gasteiger partial charge is 0.129 e. The van der Waals surface area contributed by atoms with Crippen molar-refractivity contribution in [1.29, 1.82) is 0 Å². The molecule has 0 aliphatic carbocycles. The van der Waals surface area contributed by atoms with Crippen molar-refractivity contribution in [2.45, 2.75) is 25.4 Å². The van der Waals surface area contributed by atoms with Gasteiger partial charge >= 0.3 is 0 Å². The largest absolute Gasteiger partial charge is 0.393 e. The Morgan fingerprint density at radius 1 is 1.11 bits per heavy atom. The number of hydrogen-bond donors (Lipinski definition) is 1. The van der Waals surface area contributed by atoms with E-state index in [0.717, 1.165) is 6.42 Å². The number of aryl methyl sites for hydroxylation is 1. The number of aliphatic hydroxyl groups is 1. The average Bonchev–Trinajstić information content (AvgIpc) is 2.84. The zero-order chi connectivity index (χ0) is 13.0. The van der Waals surface area contributed by atoms with Crippen LogP contribution in [0.15, 0.2) is 35.7 Å². The van der Waals surface area contributed by atoms with Gasteiger partial charge in [-0.3, -0.25) is 0 Å². The van der Waals surface area contributed by atoms with Gasteiger partial charge in [0.1, 0.15) is 11.6 Å². The van der Waals surface area contributed by atoms with Gasteiger partial charge in [0.15, 0.2) is 0 Å². The zero-order valence-corrected chi connectivity index (χ0v) is 10.6. The molecule has 0 radical (unpaired) electrons. The van der Waals surface area contributed by atoms with Gasteiger partial charge in [-0.25, -0.2) is 8.78 Å². The molecule has 2 aromatic rings. The third-order valence-electron chi connectivity index (χ3n) is 2.81. The highest BCUT2D eigenvalue weighted by molar-refractivity contribution is 7.09. The molecule has 1 N–H and O–H groups in total. The molecule has 0 aliphatic heterocycles. The summed E-state index contributed by atoms with van der Waals surface area (Å²) < 4.78 is 26.8. The number of benzene rings is 1. The highest BCUT2D eigenvalue weighted by Crippen LogP contribution is 2.17. The summed E-state index contributed by atoms with van der Waals surface area (Å²) in [5.41, 5.74) is -0.0313. The highest BCUT2D eigenvalue weighted by Gasteiger charge is 2.13. The molecule has 0 bridgehead atoms. The van der Waals surface area contributed by atoms with Crippen molar-refractivity contribution in [3.05, 3.63) is 57.8 Å². The van der Waals surface area contributed by atoms with E-state index in [1.165, 1.54) is 23.1 Å². The SMILES string of the molecule is OC(CCc1cccs1)Cc1c(F)cccc1F. The van der Waals surface area contributed by atoms with Crippen molar-refractivity contribution < 1.29 is 13.9 Å². The van der Waals surface area contributed by atoms with Crippen LogP contribution in [0.2, 0.25) is 0 Å². The normalized spacial score (nSPS) is 12.6. The predicted octanol–water partition coefficient (Wildman–Crippen LogP) is 3.56. The van der Waals surface area contributed by atoms with Crippen LogP contribution in [-0.4, -0.2) is 11.2 Å². The molecule has 0 saturated heterocycles. The van der Waals surface area contributed by atoms with E-state index < -0.39 is 17.7 Å². The van der Waals surface area contributed by atoms with Crippen LogP contribution in [0.4, 0.5) is 8.78 Å². The fourth-order valence-electron chi connectivity index (χ4n) is 1.83. The predicted molar refractivity (Wildman–Crippen MR) is 68.7 cm³/mol. The Labute approximate surface area is 109 Å². The molecule has 1 aromatic heterocycles. The molecule has 0 aliphatic rings. The Bertz CT molecular complexity index is 476. The lowest BCUT2D eigenvalue weighted by Gasteiger charge is -2.11. The van der Waals surface area contributed by atoms with E-state index >= 15 is 0 Å². The second kappa shape index (κ2) is 6.07. The van der Waals surface area contributed by atoms with E-state index in [-0.39, 0.29) is 12.0 Å². The fraction of sp³-hybridized carbons (Fsp3) is 0.286. The van der Waals surface area contributed by atoms with E-state index in [4.69, 9.17) is 0 Å². The van der Waals surface area contributed by atoms with Crippen LogP contribution in [0.5, 0.6) is 0 Å². The zero-order valence-electron chi connectivity index (χ0n) is 9.77. The maximum atomic E-state index is 13.4. The summed E-state index contributed by atoms with van der Waals surface area (Å²) in [5, 5.41) is 11.8. The maximum Gasteiger partial charge on any atom is 0.129 e. The van der Waals surface area contributed by atoms with Crippen LogP contribution in [0, 0.1) is 11.6 Å². The molecule has 18 heavy (non-hydrogen) atoms. The molecule has 1 unspecified atom stereocenters. The lowest BCUT2D eigenvalue weighted by atomic mass is 10.0. The first kappa shape index (κ1) is 13.2. The maximum absolute atomic E-state index is 13.4. The van der Waals surface area contributed by atoms with Crippen molar-refractivity contribution in [3.8, 4) is 0 Å². The number of aliphatic hydroxyl groups excluding tert-OH is 1. The molecule has 96 valence electrons. The van der Waals surface area contributed by atoms with Crippen LogP contribution < -0.4 is 0 Å². The molecule has 0 saturated carbocycles. The first-order chi connectivity index (χ1) is 8.66. The molecule has 4 heteroatoms. The van der Waals surface area contributed by atoms with E-state index in [1.54, 1.807) is 11.3 Å². The van der Waals surface area contributed by atoms with Crippen LogP contribution >= 0.6 is 11.3 Å². The monoisotopic (exact) mass is 268 g/mol. The number of rotatable bonds is 5. The van der Waals surface area contributed by atoms with E-state index in [0.29, 0.717) is 6.42 Å². The molecule has 1 nitrogen and oxygen atoms in total. The minimum absolute atomic E-state index is 0.0177. The van der Waals surface area contributed by atoms with Crippen LogP contribution in [0.25, 0.3) is 0 Å². The van der Waals surface area contributed by atoms with Crippen LogP contribution in [0.1, 0.15) is 16.9 Å². The van der Waals surface area contributed by atoms with E-state index in [9.17, 15) is 13.9 Å². The minimum Gasteiger partial charge on any atom is -0.393 e. The first-order valence-corrected chi connectivity index (χ1v) is 6.68. The second-order valence-corrected chi connectivity index (χ2v) is 5.21. The van der Waals surface area contributed by atoms with Gasteiger partial charge in [-0.05, 0) is 36.4 Å². The summed E-state index contributed by atoms with van der Waals surface area (Å²) >= 11 is 1.62. The Morgan fingerprint density at radius 3 is 2.44 bits per heavy atom.